The molecule has 1 aromatic heterocycles. The third-order valence-corrected chi connectivity index (χ3v) is 8.38. The zero-order valence-electron chi connectivity index (χ0n) is 28.6. The number of nitrogens with zero attached hydrogens (tertiary/aromatic N) is 5. The average molecular weight is 776 g/mol. The molecule has 51 heavy (non-hydrogen) atoms. The lowest BCUT2D eigenvalue weighted by atomic mass is 10.1. The standard InChI is InChI=1S/C34H43BrN6O10/c1-45-29-6-5-28(35)31-30(29)27(24-37-31)32(42)34(44)41-10-8-40(9-11-41)33(43)25-3-2-4-26(23-25)51-22-21-50-20-19-49-18-17-48-16-15-47-14-13-46-12-7-38-39-36/h2-6,23-24,37H,7-22H2,1H3. The molecule has 3 aromatic rings. The lowest BCUT2D eigenvalue weighted by Crippen LogP contribution is -2.52. The van der Waals surface area contributed by atoms with Gasteiger partial charge < -0.3 is 47.9 Å². The summed E-state index contributed by atoms with van der Waals surface area (Å²) in [6.45, 7) is 5.85. The van der Waals surface area contributed by atoms with Crippen molar-refractivity contribution in [2.45, 2.75) is 0 Å². The average Bonchev–Trinajstić information content (AvgIpc) is 3.61. The predicted molar refractivity (Wildman–Crippen MR) is 189 cm³/mol. The molecular weight excluding hydrogens is 732 g/mol. The number of Topliss-reactive ketones (excluding diaryl/α,β-unsaturated/α-hetero) is 1. The van der Waals surface area contributed by atoms with Gasteiger partial charge in [0.2, 0.25) is 0 Å². The molecule has 1 aliphatic heterocycles. The Morgan fingerprint density at radius 3 is 2.02 bits per heavy atom. The van der Waals surface area contributed by atoms with Crippen LogP contribution in [0.2, 0.25) is 0 Å². The van der Waals surface area contributed by atoms with Crippen molar-refractivity contribution in [1.82, 2.24) is 14.8 Å². The number of nitrogens with one attached hydrogen (secondary N) is 1. The van der Waals surface area contributed by atoms with Gasteiger partial charge in [-0.15, -0.1) is 0 Å². The van der Waals surface area contributed by atoms with Gasteiger partial charge in [0.25, 0.3) is 17.6 Å². The second kappa shape index (κ2) is 21.9. The van der Waals surface area contributed by atoms with E-state index in [9.17, 15) is 14.4 Å². The maximum atomic E-state index is 13.3. The molecule has 2 aromatic carbocycles. The molecule has 0 bridgehead atoms. The number of carbonyl (C=O) groups excluding carboxylic acids is 3. The summed E-state index contributed by atoms with van der Waals surface area (Å²) in [5, 5.41) is 3.91. The summed E-state index contributed by atoms with van der Waals surface area (Å²) in [6, 6.07) is 10.5. The van der Waals surface area contributed by atoms with E-state index in [-0.39, 0.29) is 24.6 Å². The highest BCUT2D eigenvalue weighted by Crippen LogP contribution is 2.34. The number of hydrogen-bond acceptors (Lipinski definition) is 11. The topological polar surface area (TPSA) is 187 Å². The Morgan fingerprint density at radius 2 is 1.41 bits per heavy atom. The number of benzene rings is 2. The summed E-state index contributed by atoms with van der Waals surface area (Å²) in [4.78, 5) is 48.5. The van der Waals surface area contributed by atoms with Gasteiger partial charge >= 0.3 is 0 Å². The van der Waals surface area contributed by atoms with Crippen molar-refractivity contribution in [1.29, 1.82) is 0 Å². The van der Waals surface area contributed by atoms with Gasteiger partial charge in [0, 0.05) is 53.9 Å². The third kappa shape index (κ3) is 12.2. The van der Waals surface area contributed by atoms with Crippen LogP contribution < -0.4 is 9.47 Å². The van der Waals surface area contributed by atoms with E-state index in [0.717, 1.165) is 4.47 Å². The third-order valence-electron chi connectivity index (χ3n) is 7.72. The smallest absolute Gasteiger partial charge is 0.295 e. The number of fused-ring (bicyclic) bond motifs is 1. The molecule has 1 fully saturated rings. The van der Waals surface area contributed by atoms with Crippen LogP contribution in [0, 0.1) is 0 Å². The van der Waals surface area contributed by atoms with Gasteiger partial charge in [-0.05, 0) is 51.8 Å². The van der Waals surface area contributed by atoms with Crippen LogP contribution in [0.25, 0.3) is 21.3 Å². The molecule has 2 amide bonds. The van der Waals surface area contributed by atoms with Crippen LogP contribution in [0.3, 0.4) is 0 Å². The van der Waals surface area contributed by atoms with Gasteiger partial charge in [-0.3, -0.25) is 14.4 Å². The second-order valence-electron chi connectivity index (χ2n) is 11.0. The minimum Gasteiger partial charge on any atom is -0.496 e. The Hall–Kier alpha value is -4.22. The van der Waals surface area contributed by atoms with Gasteiger partial charge in [-0.2, -0.15) is 0 Å². The van der Waals surface area contributed by atoms with E-state index in [1.54, 1.807) is 41.3 Å². The number of amides is 2. The van der Waals surface area contributed by atoms with Gasteiger partial charge in [0.05, 0.1) is 89.6 Å². The molecule has 17 heteroatoms. The van der Waals surface area contributed by atoms with E-state index in [4.69, 9.17) is 38.7 Å². The summed E-state index contributed by atoms with van der Waals surface area (Å²) in [5.41, 5.74) is 9.55. The summed E-state index contributed by atoms with van der Waals surface area (Å²) >= 11 is 3.46. The molecule has 276 valence electrons. The number of halogens is 1. The van der Waals surface area contributed by atoms with Crippen LogP contribution in [-0.4, -0.2) is 145 Å². The maximum Gasteiger partial charge on any atom is 0.295 e. The van der Waals surface area contributed by atoms with E-state index in [1.807, 2.05) is 0 Å². The molecular formula is C34H43BrN6O10. The van der Waals surface area contributed by atoms with E-state index in [1.165, 1.54) is 18.2 Å². The van der Waals surface area contributed by atoms with E-state index >= 15 is 0 Å². The summed E-state index contributed by atoms with van der Waals surface area (Å²) in [5.74, 6) is -0.410. The summed E-state index contributed by atoms with van der Waals surface area (Å²) in [7, 11) is 1.51. The first-order valence-electron chi connectivity index (χ1n) is 16.5. The van der Waals surface area contributed by atoms with Crippen molar-refractivity contribution in [3.63, 3.8) is 0 Å². The molecule has 1 saturated heterocycles. The predicted octanol–water partition coefficient (Wildman–Crippen LogP) is 3.88. The first-order valence-corrected chi connectivity index (χ1v) is 17.3. The fourth-order valence-corrected chi connectivity index (χ4v) is 5.60. The van der Waals surface area contributed by atoms with Crippen molar-refractivity contribution in [3.8, 4) is 11.5 Å². The number of carbonyl (C=O) groups is 3. The molecule has 0 aliphatic carbocycles. The van der Waals surface area contributed by atoms with Crippen LogP contribution in [-0.2, 0) is 28.5 Å². The number of H-pyrrole nitrogens is 1. The highest BCUT2D eigenvalue weighted by atomic mass is 79.9. The minimum absolute atomic E-state index is 0.181. The highest BCUT2D eigenvalue weighted by molar-refractivity contribution is 9.10. The number of azide groups is 1. The van der Waals surface area contributed by atoms with E-state index < -0.39 is 11.7 Å². The lowest BCUT2D eigenvalue weighted by molar-refractivity contribution is -0.127. The maximum absolute atomic E-state index is 13.3. The number of ether oxygens (including phenoxy) is 7. The number of hydrogen-bond donors (Lipinski definition) is 1. The molecule has 4 rings (SSSR count). The fraction of sp³-hybridized carbons (Fsp3) is 0.500. The molecule has 16 nitrogen and oxygen atoms in total. The Bertz CT molecular complexity index is 1620. The summed E-state index contributed by atoms with van der Waals surface area (Å²) in [6.07, 6.45) is 1.52. The SMILES string of the molecule is COc1ccc(Br)c2[nH]cc(C(=O)C(=O)N3CCN(C(=O)c4cccc(OCCOCCOCCOCCOCCOCCN=[N+]=[N-])c4)CC3)c12. The van der Waals surface area contributed by atoms with Gasteiger partial charge in [0.15, 0.2) is 0 Å². The van der Waals surface area contributed by atoms with Crippen LogP contribution in [0.5, 0.6) is 11.5 Å². The normalized spacial score (nSPS) is 12.9. The molecule has 0 unspecified atom stereocenters. The molecule has 1 aliphatic rings. The molecule has 0 radical (unpaired) electrons. The molecule has 1 N–H and O–H groups in total. The number of piperazine rings is 1. The van der Waals surface area contributed by atoms with Crippen molar-refractivity contribution in [3.05, 3.63) is 68.6 Å². The molecule has 0 spiro atoms. The van der Waals surface area contributed by atoms with Crippen molar-refractivity contribution in [2.24, 2.45) is 5.11 Å². The first-order chi connectivity index (χ1) is 24.9. The monoisotopic (exact) mass is 774 g/mol. The van der Waals surface area contributed by atoms with Crippen LogP contribution in [0.15, 0.2) is 52.2 Å². The largest absolute Gasteiger partial charge is 0.496 e. The first kappa shape index (κ1) is 39.6. The Labute approximate surface area is 303 Å². The zero-order chi connectivity index (χ0) is 36.3. The number of rotatable bonds is 23. The van der Waals surface area contributed by atoms with E-state index in [2.05, 4.69) is 30.9 Å². The second-order valence-corrected chi connectivity index (χ2v) is 11.9. The van der Waals surface area contributed by atoms with Crippen LogP contribution >= 0.6 is 15.9 Å². The van der Waals surface area contributed by atoms with Crippen molar-refractivity contribution in [2.75, 3.05) is 113 Å². The Balaban J connectivity index is 1.06. The Morgan fingerprint density at radius 1 is 0.824 bits per heavy atom. The van der Waals surface area contributed by atoms with Crippen LogP contribution in [0.4, 0.5) is 0 Å². The number of methoxy groups -OCH3 is 1. The van der Waals surface area contributed by atoms with Crippen LogP contribution in [0.1, 0.15) is 20.7 Å². The van der Waals surface area contributed by atoms with Gasteiger partial charge in [0.1, 0.15) is 18.1 Å². The molecule has 2 heterocycles. The quantitative estimate of drug-likeness (QED) is 0.0370. The van der Waals surface area contributed by atoms with Gasteiger partial charge in [-0.25, -0.2) is 0 Å². The van der Waals surface area contributed by atoms with Crippen molar-refractivity contribution < 1.29 is 47.5 Å². The fourth-order valence-electron chi connectivity index (χ4n) is 5.16. The highest BCUT2D eigenvalue weighted by Gasteiger charge is 2.31. The van der Waals surface area contributed by atoms with E-state index in [0.29, 0.717) is 120 Å². The van der Waals surface area contributed by atoms with Gasteiger partial charge in [-0.1, -0.05) is 11.2 Å². The molecule has 0 atom stereocenters. The number of aromatic nitrogens is 1. The number of aromatic amines is 1. The minimum atomic E-state index is -0.636. The Kier molecular flexibility index (Phi) is 17.0. The van der Waals surface area contributed by atoms with Crippen molar-refractivity contribution >= 4 is 44.4 Å². The number of ketones is 1. The lowest BCUT2D eigenvalue weighted by Gasteiger charge is -2.34. The molecule has 0 saturated carbocycles. The zero-order valence-corrected chi connectivity index (χ0v) is 30.1. The summed E-state index contributed by atoms with van der Waals surface area (Å²) < 4.78 is 39.1.